The minimum atomic E-state index is -1.28. The highest BCUT2D eigenvalue weighted by atomic mass is 16.6. The third-order valence-corrected chi connectivity index (χ3v) is 2.74. The van der Waals surface area contributed by atoms with Crippen LogP contribution in [-0.4, -0.2) is 22.0 Å². The van der Waals surface area contributed by atoms with Gasteiger partial charge in [0.1, 0.15) is 12.5 Å². The molecule has 7 heteroatoms. The molecule has 0 aliphatic heterocycles. The molecular formula is C13H15NO6. The first-order chi connectivity index (χ1) is 9.35. The zero-order valence-electron chi connectivity index (χ0n) is 11.2. The summed E-state index contributed by atoms with van der Waals surface area (Å²) in [6.45, 7) is 3.35. The van der Waals surface area contributed by atoms with Crippen molar-refractivity contribution < 1.29 is 24.4 Å². The third-order valence-electron chi connectivity index (χ3n) is 2.74. The number of carbonyl (C=O) groups is 2. The smallest absolute Gasteiger partial charge is 0.317 e. The number of nitrogens with zero attached hydrogens (tertiary/aromatic N) is 1. The number of esters is 1. The predicted octanol–water partition coefficient (Wildman–Crippen LogP) is 2.37. The van der Waals surface area contributed by atoms with E-state index in [4.69, 9.17) is 9.84 Å². The molecule has 0 saturated heterocycles. The van der Waals surface area contributed by atoms with Crippen molar-refractivity contribution in [2.45, 2.75) is 32.8 Å². The highest BCUT2D eigenvalue weighted by molar-refractivity contribution is 5.90. The lowest BCUT2D eigenvalue weighted by atomic mass is 10.0. The fraction of sp³-hybridized carbons (Fsp3) is 0.385. The maximum Gasteiger partial charge on any atom is 0.317 e. The maximum atomic E-state index is 11.3. The first kappa shape index (κ1) is 15.6. The monoisotopic (exact) mass is 281 g/mol. The summed E-state index contributed by atoms with van der Waals surface area (Å²) >= 11 is 0. The summed E-state index contributed by atoms with van der Waals surface area (Å²) in [5.74, 6) is -2.15. The van der Waals surface area contributed by atoms with Gasteiger partial charge in [-0.05, 0) is 18.9 Å². The number of aliphatic carboxylic acids is 1. The Bertz CT molecular complexity index is 540. The first-order valence-electron chi connectivity index (χ1n) is 6.01. The summed E-state index contributed by atoms with van der Waals surface area (Å²) in [4.78, 5) is 32.1. The summed E-state index contributed by atoms with van der Waals surface area (Å²) in [6.07, 6.45) is -1.03. The second-order valence-electron chi connectivity index (χ2n) is 4.26. The van der Waals surface area contributed by atoms with Gasteiger partial charge in [-0.3, -0.25) is 19.7 Å². The van der Waals surface area contributed by atoms with Crippen molar-refractivity contribution in [3.8, 4) is 0 Å². The van der Waals surface area contributed by atoms with Crippen LogP contribution in [0.15, 0.2) is 18.2 Å². The lowest BCUT2D eigenvalue weighted by Crippen LogP contribution is -2.14. The van der Waals surface area contributed by atoms with Crippen molar-refractivity contribution in [2.75, 3.05) is 0 Å². The van der Waals surface area contributed by atoms with Crippen molar-refractivity contribution >= 4 is 17.6 Å². The second-order valence-corrected chi connectivity index (χ2v) is 4.26. The molecule has 0 aliphatic carbocycles. The Morgan fingerprint density at radius 1 is 1.45 bits per heavy atom. The molecule has 0 radical (unpaired) electrons. The Morgan fingerprint density at radius 3 is 2.60 bits per heavy atom. The zero-order chi connectivity index (χ0) is 15.3. The van der Waals surface area contributed by atoms with Gasteiger partial charge in [0.15, 0.2) is 0 Å². The Kier molecular flexibility index (Phi) is 5.19. The van der Waals surface area contributed by atoms with Crippen molar-refractivity contribution in [1.29, 1.82) is 0 Å². The number of carboxylic acids is 1. The van der Waals surface area contributed by atoms with E-state index >= 15 is 0 Å². The number of hydrogen-bond donors (Lipinski definition) is 1. The summed E-state index contributed by atoms with van der Waals surface area (Å²) in [5.41, 5.74) is 0.921. The largest absolute Gasteiger partial charge is 0.481 e. The lowest BCUT2D eigenvalue weighted by Gasteiger charge is -2.16. The van der Waals surface area contributed by atoms with Crippen LogP contribution in [0.3, 0.4) is 0 Å². The standard InChI is InChI=1S/C13H15NO6/c1-3-11(20-13(17)7-12(15)16)9-5-4-8(2)10(6-9)14(18)19/h4-6,11H,3,7H2,1-2H3,(H,15,16). The zero-order valence-corrected chi connectivity index (χ0v) is 11.2. The SMILES string of the molecule is CCC(OC(=O)CC(=O)O)c1ccc(C)c([N+](=O)[O-])c1. The van der Waals surface area contributed by atoms with Gasteiger partial charge in [0.05, 0.1) is 4.92 Å². The molecule has 20 heavy (non-hydrogen) atoms. The molecule has 0 amide bonds. The van der Waals surface area contributed by atoms with E-state index in [1.165, 1.54) is 6.07 Å². The molecule has 1 unspecified atom stereocenters. The van der Waals surface area contributed by atoms with Crippen LogP contribution >= 0.6 is 0 Å². The van der Waals surface area contributed by atoms with Crippen LogP contribution in [0, 0.1) is 17.0 Å². The molecule has 0 spiro atoms. The molecule has 7 nitrogen and oxygen atoms in total. The number of carbonyl (C=O) groups excluding carboxylic acids is 1. The normalized spacial score (nSPS) is 11.7. The number of hydrogen-bond acceptors (Lipinski definition) is 5. The molecule has 0 bridgehead atoms. The van der Waals surface area contributed by atoms with Crippen molar-refractivity contribution in [3.05, 3.63) is 39.4 Å². The van der Waals surface area contributed by atoms with Gasteiger partial charge in [0.2, 0.25) is 0 Å². The molecule has 0 heterocycles. The number of benzene rings is 1. The van der Waals surface area contributed by atoms with Gasteiger partial charge < -0.3 is 9.84 Å². The van der Waals surface area contributed by atoms with E-state index in [9.17, 15) is 19.7 Å². The van der Waals surface area contributed by atoms with Gasteiger partial charge >= 0.3 is 11.9 Å². The number of ether oxygens (including phenoxy) is 1. The van der Waals surface area contributed by atoms with Gasteiger partial charge in [-0.15, -0.1) is 0 Å². The van der Waals surface area contributed by atoms with E-state index in [2.05, 4.69) is 0 Å². The molecule has 108 valence electrons. The molecule has 0 aromatic heterocycles. The van der Waals surface area contributed by atoms with Crippen LogP contribution in [0.1, 0.15) is 37.0 Å². The van der Waals surface area contributed by atoms with E-state index < -0.39 is 29.4 Å². The van der Waals surface area contributed by atoms with Gasteiger partial charge in [-0.25, -0.2) is 0 Å². The molecule has 1 N–H and O–H groups in total. The molecule has 1 rings (SSSR count). The van der Waals surface area contributed by atoms with Gasteiger partial charge in [0.25, 0.3) is 5.69 Å². The Balaban J connectivity index is 2.95. The lowest BCUT2D eigenvalue weighted by molar-refractivity contribution is -0.385. The third kappa shape index (κ3) is 4.04. The summed E-state index contributed by atoms with van der Waals surface area (Å²) < 4.78 is 5.03. The Hall–Kier alpha value is -2.44. The fourth-order valence-electron chi connectivity index (χ4n) is 1.73. The van der Waals surface area contributed by atoms with Crippen molar-refractivity contribution in [3.63, 3.8) is 0 Å². The van der Waals surface area contributed by atoms with Crippen molar-refractivity contribution in [1.82, 2.24) is 0 Å². The van der Waals surface area contributed by atoms with E-state index in [1.807, 2.05) is 0 Å². The molecule has 0 aliphatic rings. The van der Waals surface area contributed by atoms with E-state index in [1.54, 1.807) is 26.0 Å². The van der Waals surface area contributed by atoms with Gasteiger partial charge in [0, 0.05) is 11.6 Å². The van der Waals surface area contributed by atoms with Gasteiger partial charge in [-0.1, -0.05) is 19.1 Å². The minimum absolute atomic E-state index is 0.0600. The van der Waals surface area contributed by atoms with Crippen LogP contribution in [0.5, 0.6) is 0 Å². The molecule has 1 atom stereocenters. The molecule has 0 fully saturated rings. The van der Waals surface area contributed by atoms with Crippen molar-refractivity contribution in [2.24, 2.45) is 0 Å². The highest BCUT2D eigenvalue weighted by Crippen LogP contribution is 2.27. The highest BCUT2D eigenvalue weighted by Gasteiger charge is 2.20. The summed E-state index contributed by atoms with van der Waals surface area (Å²) in [7, 11) is 0. The van der Waals surface area contributed by atoms with Crippen LogP contribution in [0.25, 0.3) is 0 Å². The summed E-state index contributed by atoms with van der Waals surface area (Å²) in [5, 5.41) is 19.4. The van der Waals surface area contributed by atoms with Crippen LogP contribution in [0.4, 0.5) is 5.69 Å². The quantitative estimate of drug-likeness (QED) is 0.371. The van der Waals surface area contributed by atoms with Gasteiger partial charge in [-0.2, -0.15) is 0 Å². The van der Waals surface area contributed by atoms with E-state index in [0.717, 1.165) is 0 Å². The fourth-order valence-corrected chi connectivity index (χ4v) is 1.73. The first-order valence-corrected chi connectivity index (χ1v) is 6.01. The maximum absolute atomic E-state index is 11.3. The molecule has 1 aromatic rings. The Morgan fingerprint density at radius 2 is 2.10 bits per heavy atom. The van der Waals surface area contributed by atoms with E-state index in [0.29, 0.717) is 17.5 Å². The summed E-state index contributed by atoms with van der Waals surface area (Å²) in [6, 6.07) is 4.54. The minimum Gasteiger partial charge on any atom is -0.481 e. The predicted molar refractivity (Wildman–Crippen MR) is 69.2 cm³/mol. The van der Waals surface area contributed by atoms with Crippen LogP contribution < -0.4 is 0 Å². The number of nitro groups is 1. The average Bonchev–Trinajstić information content (AvgIpc) is 2.35. The number of rotatable bonds is 6. The van der Waals surface area contributed by atoms with Crippen LogP contribution in [0.2, 0.25) is 0 Å². The topological polar surface area (TPSA) is 107 Å². The second kappa shape index (κ2) is 6.65. The number of nitro benzene ring substituents is 1. The van der Waals surface area contributed by atoms with Crippen LogP contribution in [-0.2, 0) is 14.3 Å². The molecule has 1 aromatic carbocycles. The Labute approximate surface area is 115 Å². The molecule has 0 saturated carbocycles. The number of aryl methyl sites for hydroxylation is 1. The molecular weight excluding hydrogens is 266 g/mol. The average molecular weight is 281 g/mol. The number of carboxylic acid groups (broad SMARTS) is 1. The van der Waals surface area contributed by atoms with E-state index in [-0.39, 0.29) is 5.69 Å².